The van der Waals surface area contributed by atoms with Gasteiger partial charge in [0.1, 0.15) is 10.8 Å². The fourth-order valence-corrected chi connectivity index (χ4v) is 2.00. The Labute approximate surface area is 120 Å². The van der Waals surface area contributed by atoms with Gasteiger partial charge in [0.05, 0.1) is 5.69 Å². The first-order valence-corrected chi connectivity index (χ1v) is 6.55. The molecule has 92 valence electrons. The van der Waals surface area contributed by atoms with Crippen LogP contribution in [0.25, 0.3) is 0 Å². The number of aryl methyl sites for hydroxylation is 1. The fraction of sp³-hybridized carbons (Fsp3) is 0.0769. The molecule has 3 nitrogen and oxygen atoms in total. The van der Waals surface area contributed by atoms with Crippen LogP contribution in [0.3, 0.4) is 0 Å². The average molecular weight is 322 g/mol. The van der Waals surface area contributed by atoms with E-state index in [1.807, 2.05) is 31.2 Å². The van der Waals surface area contributed by atoms with E-state index in [0.29, 0.717) is 10.8 Å². The number of nitrogens with one attached hydrogen (secondary N) is 1. The molecule has 3 N–H and O–H groups in total. The molecule has 0 unspecified atom stereocenters. The number of thiocarbonyl (C=S) groups is 1. The SMILES string of the molecule is Cc1ccc(Br)c(Nc2cc(C(N)=S)ccn2)c1. The van der Waals surface area contributed by atoms with E-state index in [1.165, 1.54) is 5.56 Å². The summed E-state index contributed by atoms with van der Waals surface area (Å²) in [4.78, 5) is 4.61. The Bertz CT molecular complexity index is 599. The summed E-state index contributed by atoms with van der Waals surface area (Å²) in [6, 6.07) is 9.69. The standard InChI is InChI=1S/C13H12BrN3S/c1-8-2-3-10(14)11(6-8)17-12-7-9(13(15)18)4-5-16-12/h2-7H,1H3,(H2,15,18)(H,16,17). The van der Waals surface area contributed by atoms with Crippen LogP contribution in [-0.2, 0) is 0 Å². The van der Waals surface area contributed by atoms with E-state index < -0.39 is 0 Å². The number of rotatable bonds is 3. The normalized spacial score (nSPS) is 10.1. The van der Waals surface area contributed by atoms with Crippen LogP contribution >= 0.6 is 28.1 Å². The molecule has 0 atom stereocenters. The van der Waals surface area contributed by atoms with Crippen LogP contribution in [0.2, 0.25) is 0 Å². The predicted octanol–water partition coefficient (Wildman–Crippen LogP) is 3.53. The van der Waals surface area contributed by atoms with Gasteiger partial charge in [-0.05, 0) is 52.7 Å². The summed E-state index contributed by atoms with van der Waals surface area (Å²) in [5, 5.41) is 3.24. The molecule has 0 bridgehead atoms. The first-order valence-electron chi connectivity index (χ1n) is 5.35. The molecule has 0 aliphatic carbocycles. The monoisotopic (exact) mass is 321 g/mol. The number of anilines is 2. The van der Waals surface area contributed by atoms with Gasteiger partial charge in [0.15, 0.2) is 0 Å². The minimum absolute atomic E-state index is 0.365. The zero-order valence-electron chi connectivity index (χ0n) is 9.77. The molecule has 0 saturated carbocycles. The lowest BCUT2D eigenvalue weighted by molar-refractivity contribution is 1.29. The number of pyridine rings is 1. The van der Waals surface area contributed by atoms with Crippen molar-refractivity contribution in [1.82, 2.24) is 4.98 Å². The number of aromatic nitrogens is 1. The molecular weight excluding hydrogens is 310 g/mol. The molecule has 0 amide bonds. The van der Waals surface area contributed by atoms with Crippen LogP contribution in [0.5, 0.6) is 0 Å². The third-order valence-corrected chi connectivity index (χ3v) is 3.36. The van der Waals surface area contributed by atoms with E-state index in [9.17, 15) is 0 Å². The van der Waals surface area contributed by atoms with Gasteiger partial charge in [0.25, 0.3) is 0 Å². The predicted molar refractivity (Wildman–Crippen MR) is 82.3 cm³/mol. The van der Waals surface area contributed by atoms with Crippen molar-refractivity contribution in [3.63, 3.8) is 0 Å². The third kappa shape index (κ3) is 3.05. The molecule has 18 heavy (non-hydrogen) atoms. The molecule has 0 saturated heterocycles. The Hall–Kier alpha value is -1.46. The van der Waals surface area contributed by atoms with Gasteiger partial charge >= 0.3 is 0 Å². The molecule has 2 rings (SSSR count). The number of nitrogens with two attached hydrogens (primary N) is 1. The average Bonchev–Trinajstić information content (AvgIpc) is 2.34. The largest absolute Gasteiger partial charge is 0.389 e. The van der Waals surface area contributed by atoms with Gasteiger partial charge in [-0.25, -0.2) is 4.98 Å². The molecule has 0 aliphatic heterocycles. The molecule has 0 aliphatic rings. The summed E-state index contributed by atoms with van der Waals surface area (Å²) in [5.41, 5.74) is 8.53. The van der Waals surface area contributed by atoms with Crippen molar-refractivity contribution < 1.29 is 0 Å². The molecule has 1 heterocycles. The Morgan fingerprint density at radius 3 is 2.83 bits per heavy atom. The Kier molecular flexibility index (Phi) is 3.93. The van der Waals surface area contributed by atoms with E-state index >= 15 is 0 Å². The highest BCUT2D eigenvalue weighted by molar-refractivity contribution is 9.10. The van der Waals surface area contributed by atoms with Crippen molar-refractivity contribution in [3.8, 4) is 0 Å². The molecule has 2 aromatic rings. The zero-order chi connectivity index (χ0) is 13.1. The van der Waals surface area contributed by atoms with Crippen LogP contribution in [0.15, 0.2) is 41.0 Å². The lowest BCUT2D eigenvalue weighted by Crippen LogP contribution is -2.09. The summed E-state index contributed by atoms with van der Waals surface area (Å²) in [7, 11) is 0. The summed E-state index contributed by atoms with van der Waals surface area (Å²) < 4.78 is 0.982. The van der Waals surface area contributed by atoms with Crippen LogP contribution in [-0.4, -0.2) is 9.97 Å². The quantitative estimate of drug-likeness (QED) is 0.849. The maximum atomic E-state index is 5.60. The summed E-state index contributed by atoms with van der Waals surface area (Å²) in [6.07, 6.45) is 1.68. The van der Waals surface area contributed by atoms with Crippen LogP contribution < -0.4 is 11.1 Å². The van der Waals surface area contributed by atoms with Crippen molar-refractivity contribution in [2.45, 2.75) is 6.92 Å². The molecule has 1 aromatic carbocycles. The topological polar surface area (TPSA) is 50.9 Å². The van der Waals surface area contributed by atoms with Gasteiger partial charge in [-0.2, -0.15) is 0 Å². The Balaban J connectivity index is 2.31. The molecule has 1 aromatic heterocycles. The summed E-state index contributed by atoms with van der Waals surface area (Å²) in [6.45, 7) is 2.04. The highest BCUT2D eigenvalue weighted by Gasteiger charge is 2.03. The molecule has 5 heteroatoms. The second-order valence-electron chi connectivity index (χ2n) is 3.90. The minimum Gasteiger partial charge on any atom is -0.389 e. The molecule has 0 spiro atoms. The van der Waals surface area contributed by atoms with E-state index in [4.69, 9.17) is 18.0 Å². The van der Waals surface area contributed by atoms with Gasteiger partial charge in [-0.3, -0.25) is 0 Å². The molecule has 0 radical (unpaired) electrons. The van der Waals surface area contributed by atoms with E-state index in [1.54, 1.807) is 12.3 Å². The number of hydrogen-bond acceptors (Lipinski definition) is 3. The van der Waals surface area contributed by atoms with Crippen molar-refractivity contribution in [2.75, 3.05) is 5.32 Å². The van der Waals surface area contributed by atoms with Crippen molar-refractivity contribution in [2.24, 2.45) is 5.73 Å². The van der Waals surface area contributed by atoms with Gasteiger partial charge < -0.3 is 11.1 Å². The van der Waals surface area contributed by atoms with Gasteiger partial charge in [0, 0.05) is 16.2 Å². The fourth-order valence-electron chi connectivity index (χ4n) is 1.53. The Morgan fingerprint density at radius 1 is 1.33 bits per heavy atom. The minimum atomic E-state index is 0.365. The highest BCUT2D eigenvalue weighted by atomic mass is 79.9. The van der Waals surface area contributed by atoms with Gasteiger partial charge in [0.2, 0.25) is 0 Å². The highest BCUT2D eigenvalue weighted by Crippen LogP contribution is 2.26. The van der Waals surface area contributed by atoms with Gasteiger partial charge in [-0.1, -0.05) is 18.3 Å². The number of halogens is 1. The number of hydrogen-bond donors (Lipinski definition) is 2. The van der Waals surface area contributed by atoms with Crippen molar-refractivity contribution in [3.05, 3.63) is 52.1 Å². The maximum absolute atomic E-state index is 5.60. The lowest BCUT2D eigenvalue weighted by Gasteiger charge is -2.09. The molecule has 0 fully saturated rings. The van der Waals surface area contributed by atoms with E-state index in [-0.39, 0.29) is 0 Å². The smallest absolute Gasteiger partial charge is 0.131 e. The lowest BCUT2D eigenvalue weighted by atomic mass is 10.2. The van der Waals surface area contributed by atoms with Crippen LogP contribution in [0, 0.1) is 6.92 Å². The third-order valence-electron chi connectivity index (χ3n) is 2.43. The second kappa shape index (κ2) is 5.46. The van der Waals surface area contributed by atoms with Crippen molar-refractivity contribution >= 4 is 44.6 Å². The second-order valence-corrected chi connectivity index (χ2v) is 5.20. The van der Waals surface area contributed by atoms with Crippen LogP contribution in [0.4, 0.5) is 11.5 Å². The maximum Gasteiger partial charge on any atom is 0.131 e. The number of benzene rings is 1. The number of nitrogens with zero attached hydrogens (tertiary/aromatic N) is 1. The molecular formula is C13H12BrN3S. The summed E-state index contributed by atoms with van der Waals surface area (Å²) in [5.74, 6) is 0.714. The summed E-state index contributed by atoms with van der Waals surface area (Å²) >= 11 is 8.44. The van der Waals surface area contributed by atoms with Crippen molar-refractivity contribution in [1.29, 1.82) is 0 Å². The first-order chi connectivity index (χ1) is 8.56. The van der Waals surface area contributed by atoms with E-state index in [0.717, 1.165) is 15.7 Å². The first kappa shape index (κ1) is 13.0. The van der Waals surface area contributed by atoms with E-state index in [2.05, 4.69) is 26.2 Å². The van der Waals surface area contributed by atoms with Crippen LogP contribution in [0.1, 0.15) is 11.1 Å². The Morgan fingerprint density at radius 2 is 2.11 bits per heavy atom. The zero-order valence-corrected chi connectivity index (χ0v) is 12.2. The van der Waals surface area contributed by atoms with Gasteiger partial charge in [-0.15, -0.1) is 0 Å².